The Morgan fingerprint density at radius 3 is 2.53 bits per heavy atom. The van der Waals surface area contributed by atoms with Crippen molar-refractivity contribution in [2.24, 2.45) is 5.73 Å². The van der Waals surface area contributed by atoms with Crippen molar-refractivity contribution in [3.05, 3.63) is 48.0 Å². The van der Waals surface area contributed by atoms with E-state index in [0.717, 1.165) is 16.3 Å². The number of rotatable bonds is 4. The third-order valence-corrected chi connectivity index (χ3v) is 2.98. The van der Waals surface area contributed by atoms with E-state index in [0.29, 0.717) is 0 Å². The summed E-state index contributed by atoms with van der Waals surface area (Å²) in [4.78, 5) is 22.6. The molecule has 3 N–H and O–H groups in total. The van der Waals surface area contributed by atoms with E-state index in [1.807, 2.05) is 42.5 Å². The zero-order valence-electron chi connectivity index (χ0n) is 10.7. The van der Waals surface area contributed by atoms with Crippen LogP contribution in [0.5, 0.6) is 0 Å². The zero-order chi connectivity index (χ0) is 13.8. The van der Waals surface area contributed by atoms with Gasteiger partial charge in [0, 0.05) is 0 Å². The van der Waals surface area contributed by atoms with Gasteiger partial charge in [-0.15, -0.1) is 0 Å². The Morgan fingerprint density at radius 1 is 1.16 bits per heavy atom. The molecule has 0 fully saturated rings. The van der Waals surface area contributed by atoms with Crippen LogP contribution in [0.4, 0.5) is 0 Å². The highest BCUT2D eigenvalue weighted by molar-refractivity contribution is 5.88. The smallest absolute Gasteiger partial charge is 0.239 e. The number of amides is 2. The highest BCUT2D eigenvalue weighted by Crippen LogP contribution is 2.15. The predicted molar refractivity (Wildman–Crippen MR) is 74.5 cm³/mol. The summed E-state index contributed by atoms with van der Waals surface area (Å²) >= 11 is 0. The summed E-state index contributed by atoms with van der Waals surface area (Å²) < 4.78 is 0. The van der Waals surface area contributed by atoms with Crippen LogP contribution in [0.1, 0.15) is 12.5 Å². The molecule has 0 heterocycles. The highest BCUT2D eigenvalue weighted by Gasteiger charge is 2.12. The van der Waals surface area contributed by atoms with Gasteiger partial charge in [-0.25, -0.2) is 0 Å². The summed E-state index contributed by atoms with van der Waals surface area (Å²) in [5.41, 5.74) is 6.01. The lowest BCUT2D eigenvalue weighted by Gasteiger charge is -2.10. The first-order valence-corrected chi connectivity index (χ1v) is 6.12. The molecule has 0 saturated carbocycles. The van der Waals surface area contributed by atoms with Crippen molar-refractivity contribution >= 4 is 22.6 Å². The van der Waals surface area contributed by atoms with E-state index in [4.69, 9.17) is 5.73 Å². The fourth-order valence-electron chi connectivity index (χ4n) is 1.90. The van der Waals surface area contributed by atoms with E-state index in [9.17, 15) is 9.59 Å². The molecule has 0 aromatic heterocycles. The highest BCUT2D eigenvalue weighted by atomic mass is 16.2. The third kappa shape index (κ3) is 3.31. The Hall–Kier alpha value is -2.36. The molecule has 1 unspecified atom stereocenters. The van der Waals surface area contributed by atoms with Gasteiger partial charge in [0.05, 0.1) is 6.42 Å². The predicted octanol–water partition coefficient (Wildman–Crippen LogP) is 1.37. The van der Waals surface area contributed by atoms with Gasteiger partial charge in [0.25, 0.3) is 0 Å². The van der Waals surface area contributed by atoms with Gasteiger partial charge in [0.1, 0.15) is 6.04 Å². The molecule has 0 radical (unpaired) electrons. The van der Waals surface area contributed by atoms with E-state index in [-0.39, 0.29) is 12.3 Å². The topological polar surface area (TPSA) is 72.2 Å². The van der Waals surface area contributed by atoms with E-state index < -0.39 is 11.9 Å². The molecule has 2 rings (SSSR count). The fourth-order valence-corrected chi connectivity index (χ4v) is 1.90. The molecule has 2 aromatic rings. The number of primary amides is 1. The van der Waals surface area contributed by atoms with Crippen molar-refractivity contribution in [2.75, 3.05) is 0 Å². The molecule has 4 nitrogen and oxygen atoms in total. The van der Waals surface area contributed by atoms with Crippen LogP contribution in [-0.2, 0) is 16.0 Å². The lowest BCUT2D eigenvalue weighted by atomic mass is 10.0. The summed E-state index contributed by atoms with van der Waals surface area (Å²) in [7, 11) is 0. The Kier molecular flexibility index (Phi) is 3.80. The molecular weight excluding hydrogens is 240 g/mol. The average molecular weight is 256 g/mol. The minimum Gasteiger partial charge on any atom is -0.368 e. The van der Waals surface area contributed by atoms with Crippen molar-refractivity contribution in [3.63, 3.8) is 0 Å². The minimum atomic E-state index is -0.645. The summed E-state index contributed by atoms with van der Waals surface area (Å²) in [5, 5.41) is 4.79. The number of carbonyl (C=O) groups excluding carboxylic acids is 2. The molecular formula is C15H16N2O2. The maximum absolute atomic E-state index is 11.7. The first kappa shape index (κ1) is 13.1. The second-order valence-corrected chi connectivity index (χ2v) is 4.55. The van der Waals surface area contributed by atoms with Crippen LogP contribution in [0, 0.1) is 0 Å². The maximum atomic E-state index is 11.7. The van der Waals surface area contributed by atoms with Crippen molar-refractivity contribution in [2.45, 2.75) is 19.4 Å². The molecule has 1 atom stereocenters. The number of hydrogen-bond acceptors (Lipinski definition) is 2. The maximum Gasteiger partial charge on any atom is 0.239 e. The van der Waals surface area contributed by atoms with Gasteiger partial charge in [-0.3, -0.25) is 9.59 Å². The van der Waals surface area contributed by atoms with Gasteiger partial charge in [0.2, 0.25) is 11.8 Å². The Morgan fingerprint density at radius 2 is 1.84 bits per heavy atom. The van der Waals surface area contributed by atoms with Crippen LogP contribution in [0.25, 0.3) is 10.8 Å². The van der Waals surface area contributed by atoms with Gasteiger partial charge < -0.3 is 11.1 Å². The van der Waals surface area contributed by atoms with Gasteiger partial charge in [-0.1, -0.05) is 42.5 Å². The first-order valence-electron chi connectivity index (χ1n) is 6.12. The summed E-state index contributed by atoms with van der Waals surface area (Å²) in [6.45, 7) is 1.57. The number of hydrogen-bond donors (Lipinski definition) is 2. The third-order valence-electron chi connectivity index (χ3n) is 2.98. The molecule has 2 aromatic carbocycles. The van der Waals surface area contributed by atoms with Gasteiger partial charge >= 0.3 is 0 Å². The van der Waals surface area contributed by atoms with Crippen LogP contribution < -0.4 is 11.1 Å². The van der Waals surface area contributed by atoms with E-state index >= 15 is 0 Å². The normalized spacial score (nSPS) is 12.1. The first-order chi connectivity index (χ1) is 9.06. The lowest BCUT2D eigenvalue weighted by molar-refractivity contribution is -0.126. The summed E-state index contributed by atoms with van der Waals surface area (Å²) in [6, 6.07) is 13.2. The Labute approximate surface area is 111 Å². The monoisotopic (exact) mass is 256 g/mol. The quantitative estimate of drug-likeness (QED) is 0.867. The minimum absolute atomic E-state index is 0.207. The van der Waals surface area contributed by atoms with Crippen molar-refractivity contribution in [1.29, 1.82) is 0 Å². The largest absolute Gasteiger partial charge is 0.368 e. The van der Waals surface area contributed by atoms with Crippen LogP contribution in [0.2, 0.25) is 0 Å². The molecule has 0 aliphatic heterocycles. The fraction of sp³-hybridized carbons (Fsp3) is 0.200. The molecule has 0 bridgehead atoms. The standard InChI is InChI=1S/C15H16N2O2/c1-10(15(16)19)17-14(18)9-11-6-7-12-4-2-3-5-13(12)8-11/h2-8,10H,9H2,1H3,(H2,16,19)(H,17,18). The second kappa shape index (κ2) is 5.52. The molecule has 0 aliphatic rings. The zero-order valence-corrected chi connectivity index (χ0v) is 10.7. The number of benzene rings is 2. The SMILES string of the molecule is CC(NC(=O)Cc1ccc2ccccc2c1)C(N)=O. The number of nitrogens with one attached hydrogen (secondary N) is 1. The molecule has 4 heteroatoms. The van der Waals surface area contributed by atoms with Crippen LogP contribution >= 0.6 is 0 Å². The second-order valence-electron chi connectivity index (χ2n) is 4.55. The molecule has 0 saturated heterocycles. The van der Waals surface area contributed by atoms with Gasteiger partial charge in [-0.05, 0) is 23.3 Å². The number of fused-ring (bicyclic) bond motifs is 1. The molecule has 98 valence electrons. The molecule has 0 aliphatic carbocycles. The van der Waals surface area contributed by atoms with Gasteiger partial charge in [0.15, 0.2) is 0 Å². The lowest BCUT2D eigenvalue weighted by Crippen LogP contribution is -2.42. The summed E-state index contributed by atoms with van der Waals surface area (Å²) in [5.74, 6) is -0.742. The average Bonchev–Trinajstić information content (AvgIpc) is 2.38. The van der Waals surface area contributed by atoms with Crippen LogP contribution in [0.3, 0.4) is 0 Å². The van der Waals surface area contributed by atoms with Crippen molar-refractivity contribution < 1.29 is 9.59 Å². The molecule has 0 spiro atoms. The summed E-state index contributed by atoms with van der Waals surface area (Å²) in [6.07, 6.45) is 0.239. The number of nitrogens with two attached hydrogens (primary N) is 1. The van der Waals surface area contributed by atoms with E-state index in [1.54, 1.807) is 6.92 Å². The van der Waals surface area contributed by atoms with Crippen LogP contribution in [0.15, 0.2) is 42.5 Å². The van der Waals surface area contributed by atoms with E-state index in [1.165, 1.54) is 0 Å². The Bertz CT molecular complexity index is 622. The number of carbonyl (C=O) groups is 2. The van der Waals surface area contributed by atoms with Crippen LogP contribution in [-0.4, -0.2) is 17.9 Å². The molecule has 2 amide bonds. The Balaban J connectivity index is 2.09. The van der Waals surface area contributed by atoms with Crippen molar-refractivity contribution in [1.82, 2.24) is 5.32 Å². The van der Waals surface area contributed by atoms with Crippen molar-refractivity contribution in [3.8, 4) is 0 Å². The van der Waals surface area contributed by atoms with Gasteiger partial charge in [-0.2, -0.15) is 0 Å². The molecule has 19 heavy (non-hydrogen) atoms. The van der Waals surface area contributed by atoms with E-state index in [2.05, 4.69) is 5.32 Å².